The van der Waals surface area contributed by atoms with E-state index in [4.69, 9.17) is 9.15 Å². The molecule has 2 heterocycles. The van der Waals surface area contributed by atoms with E-state index in [0.29, 0.717) is 0 Å². The molecule has 1 aromatic heterocycles. The molecule has 0 spiro atoms. The van der Waals surface area contributed by atoms with Gasteiger partial charge in [-0.25, -0.2) is 0 Å². The first-order valence-electron chi connectivity index (χ1n) is 5.40. The van der Waals surface area contributed by atoms with Gasteiger partial charge in [0.2, 0.25) is 0 Å². The van der Waals surface area contributed by atoms with Gasteiger partial charge in [-0.1, -0.05) is 12.2 Å². The van der Waals surface area contributed by atoms with E-state index in [1.54, 1.807) is 6.26 Å². The molecular formula is C13H18O2. The van der Waals surface area contributed by atoms with Crippen LogP contribution in [0.15, 0.2) is 28.9 Å². The maximum absolute atomic E-state index is 6.05. The molecule has 2 atom stereocenters. The van der Waals surface area contributed by atoms with E-state index >= 15 is 0 Å². The molecule has 1 saturated heterocycles. The highest BCUT2D eigenvalue weighted by Crippen LogP contribution is 2.41. The van der Waals surface area contributed by atoms with E-state index in [-0.39, 0.29) is 11.7 Å². The quantitative estimate of drug-likeness (QED) is 0.690. The van der Waals surface area contributed by atoms with Crippen molar-refractivity contribution in [2.24, 2.45) is 0 Å². The first-order chi connectivity index (χ1) is 7.01. The molecule has 0 amide bonds. The standard InChI is InChI=1S/C13H18O2/c1-9(2)12-5-6-13(4,15-12)11-7-10(3)14-8-11/h7-8,12H,1,5-6H2,2-4H3/t12-,13+/m1/s1. The summed E-state index contributed by atoms with van der Waals surface area (Å²) in [7, 11) is 0. The average Bonchev–Trinajstić information content (AvgIpc) is 2.73. The summed E-state index contributed by atoms with van der Waals surface area (Å²) in [6.45, 7) is 10.1. The number of hydrogen-bond acceptors (Lipinski definition) is 2. The lowest BCUT2D eigenvalue weighted by molar-refractivity contribution is -0.0177. The number of hydrogen-bond donors (Lipinski definition) is 0. The lowest BCUT2D eigenvalue weighted by atomic mass is 9.95. The van der Waals surface area contributed by atoms with Gasteiger partial charge in [0.15, 0.2) is 0 Å². The third-order valence-electron chi connectivity index (χ3n) is 3.18. The van der Waals surface area contributed by atoms with Gasteiger partial charge in [0.25, 0.3) is 0 Å². The molecule has 0 unspecified atom stereocenters. The molecule has 2 rings (SSSR count). The van der Waals surface area contributed by atoms with Crippen LogP contribution in [0.5, 0.6) is 0 Å². The molecule has 2 nitrogen and oxygen atoms in total. The van der Waals surface area contributed by atoms with Crippen LogP contribution in [0, 0.1) is 6.92 Å². The van der Waals surface area contributed by atoms with Crippen molar-refractivity contribution in [1.29, 1.82) is 0 Å². The molecule has 0 N–H and O–H groups in total. The van der Waals surface area contributed by atoms with Gasteiger partial charge in [0, 0.05) is 5.56 Å². The Morgan fingerprint density at radius 2 is 2.33 bits per heavy atom. The second-order valence-electron chi connectivity index (χ2n) is 4.67. The number of ether oxygens (including phenoxy) is 1. The van der Waals surface area contributed by atoms with Crippen LogP contribution in [-0.2, 0) is 10.3 Å². The molecule has 0 aliphatic carbocycles. The van der Waals surface area contributed by atoms with Crippen LogP contribution < -0.4 is 0 Å². The Labute approximate surface area is 90.9 Å². The van der Waals surface area contributed by atoms with Crippen molar-refractivity contribution in [3.63, 3.8) is 0 Å². The Balaban J connectivity index is 2.19. The zero-order valence-corrected chi connectivity index (χ0v) is 9.67. The molecule has 0 bridgehead atoms. The second kappa shape index (κ2) is 3.53. The van der Waals surface area contributed by atoms with E-state index < -0.39 is 0 Å². The van der Waals surface area contributed by atoms with E-state index in [2.05, 4.69) is 19.6 Å². The summed E-state index contributed by atoms with van der Waals surface area (Å²) in [4.78, 5) is 0. The summed E-state index contributed by atoms with van der Waals surface area (Å²) in [5, 5.41) is 0. The molecule has 0 radical (unpaired) electrons. The lowest BCUT2D eigenvalue weighted by Gasteiger charge is -2.23. The predicted octanol–water partition coefficient (Wildman–Crippen LogP) is 3.56. The van der Waals surface area contributed by atoms with Gasteiger partial charge in [0.1, 0.15) is 5.76 Å². The lowest BCUT2D eigenvalue weighted by Crippen LogP contribution is -2.21. The average molecular weight is 206 g/mol. The van der Waals surface area contributed by atoms with Crippen LogP contribution in [0.1, 0.15) is 38.0 Å². The third kappa shape index (κ3) is 1.86. The van der Waals surface area contributed by atoms with Gasteiger partial charge >= 0.3 is 0 Å². The number of aryl methyl sites for hydroxylation is 1. The molecular weight excluding hydrogens is 188 g/mol. The van der Waals surface area contributed by atoms with Crippen molar-refractivity contribution >= 4 is 0 Å². The highest BCUT2D eigenvalue weighted by molar-refractivity contribution is 5.22. The third-order valence-corrected chi connectivity index (χ3v) is 3.18. The molecule has 15 heavy (non-hydrogen) atoms. The van der Waals surface area contributed by atoms with Crippen LogP contribution in [0.4, 0.5) is 0 Å². The van der Waals surface area contributed by atoms with E-state index in [0.717, 1.165) is 29.7 Å². The van der Waals surface area contributed by atoms with Gasteiger partial charge in [0.05, 0.1) is 18.0 Å². The maximum atomic E-state index is 6.05. The molecule has 2 heteroatoms. The highest BCUT2D eigenvalue weighted by atomic mass is 16.5. The Bertz CT molecular complexity index is 378. The summed E-state index contributed by atoms with van der Waals surface area (Å²) >= 11 is 0. The van der Waals surface area contributed by atoms with Crippen molar-refractivity contribution in [1.82, 2.24) is 0 Å². The van der Waals surface area contributed by atoms with Crippen LogP contribution in [0.25, 0.3) is 0 Å². The Morgan fingerprint density at radius 3 is 2.80 bits per heavy atom. The largest absolute Gasteiger partial charge is 0.469 e. The Hall–Kier alpha value is -1.02. The minimum absolute atomic E-state index is 0.193. The summed E-state index contributed by atoms with van der Waals surface area (Å²) in [6, 6.07) is 2.06. The number of rotatable bonds is 2. The van der Waals surface area contributed by atoms with Crippen molar-refractivity contribution in [3.8, 4) is 0 Å². The van der Waals surface area contributed by atoms with Crippen molar-refractivity contribution in [3.05, 3.63) is 35.8 Å². The van der Waals surface area contributed by atoms with E-state index in [9.17, 15) is 0 Å². The van der Waals surface area contributed by atoms with Gasteiger partial charge in [-0.2, -0.15) is 0 Å². The maximum Gasteiger partial charge on any atom is 0.101 e. The summed E-state index contributed by atoms with van der Waals surface area (Å²) in [6.07, 6.45) is 4.08. The van der Waals surface area contributed by atoms with E-state index in [1.165, 1.54) is 0 Å². The minimum Gasteiger partial charge on any atom is -0.469 e. The number of furan rings is 1. The molecule has 0 aromatic carbocycles. The predicted molar refractivity (Wildman–Crippen MR) is 59.7 cm³/mol. The topological polar surface area (TPSA) is 22.4 Å². The summed E-state index contributed by atoms with van der Waals surface area (Å²) in [5.74, 6) is 0.939. The normalized spacial score (nSPS) is 30.7. The summed E-state index contributed by atoms with van der Waals surface area (Å²) < 4.78 is 11.4. The monoisotopic (exact) mass is 206 g/mol. The first kappa shape index (κ1) is 10.5. The van der Waals surface area contributed by atoms with Gasteiger partial charge < -0.3 is 9.15 Å². The Morgan fingerprint density at radius 1 is 1.60 bits per heavy atom. The first-order valence-corrected chi connectivity index (χ1v) is 5.40. The van der Waals surface area contributed by atoms with Crippen molar-refractivity contribution in [2.75, 3.05) is 0 Å². The Kier molecular flexibility index (Phi) is 2.47. The van der Waals surface area contributed by atoms with Crippen LogP contribution in [0.3, 0.4) is 0 Å². The zero-order chi connectivity index (χ0) is 11.1. The molecule has 1 aliphatic rings. The van der Waals surface area contributed by atoms with Gasteiger partial charge in [-0.05, 0) is 39.7 Å². The summed E-state index contributed by atoms with van der Waals surface area (Å²) in [5.41, 5.74) is 2.06. The smallest absolute Gasteiger partial charge is 0.101 e. The fourth-order valence-electron chi connectivity index (χ4n) is 2.12. The molecule has 0 saturated carbocycles. The van der Waals surface area contributed by atoms with E-state index in [1.807, 2.05) is 13.8 Å². The fraction of sp³-hybridized carbons (Fsp3) is 0.538. The van der Waals surface area contributed by atoms with Crippen LogP contribution >= 0.6 is 0 Å². The highest BCUT2D eigenvalue weighted by Gasteiger charge is 2.38. The van der Waals surface area contributed by atoms with Gasteiger partial charge in [-0.15, -0.1) is 0 Å². The molecule has 82 valence electrons. The zero-order valence-electron chi connectivity index (χ0n) is 9.67. The minimum atomic E-state index is -0.193. The van der Waals surface area contributed by atoms with Crippen LogP contribution in [-0.4, -0.2) is 6.10 Å². The van der Waals surface area contributed by atoms with Crippen molar-refractivity contribution in [2.45, 2.75) is 45.3 Å². The van der Waals surface area contributed by atoms with Gasteiger partial charge in [-0.3, -0.25) is 0 Å². The molecule has 1 fully saturated rings. The molecule has 1 aromatic rings. The second-order valence-corrected chi connectivity index (χ2v) is 4.67. The van der Waals surface area contributed by atoms with Crippen molar-refractivity contribution < 1.29 is 9.15 Å². The SMILES string of the molecule is C=C(C)[C@H]1CC[C@@](C)(c2coc(C)c2)O1. The fourth-order valence-corrected chi connectivity index (χ4v) is 2.12. The molecule has 1 aliphatic heterocycles. The van der Waals surface area contributed by atoms with Crippen LogP contribution in [0.2, 0.25) is 0 Å².